The van der Waals surface area contributed by atoms with Crippen molar-refractivity contribution in [3.63, 3.8) is 0 Å². The van der Waals surface area contributed by atoms with E-state index in [4.69, 9.17) is 16.3 Å². The van der Waals surface area contributed by atoms with Gasteiger partial charge in [-0.15, -0.1) is 0 Å². The van der Waals surface area contributed by atoms with Crippen molar-refractivity contribution in [2.75, 3.05) is 44.3 Å². The molecule has 1 atom stereocenters. The van der Waals surface area contributed by atoms with Crippen LogP contribution in [-0.2, 0) is 19.1 Å². The maximum absolute atomic E-state index is 12.9. The van der Waals surface area contributed by atoms with Crippen LogP contribution in [0.1, 0.15) is 19.3 Å². The first-order chi connectivity index (χ1) is 13.5. The summed E-state index contributed by atoms with van der Waals surface area (Å²) < 4.78 is 5.31. The van der Waals surface area contributed by atoms with Crippen molar-refractivity contribution < 1.29 is 19.1 Å². The zero-order chi connectivity index (χ0) is 19.7. The van der Waals surface area contributed by atoms with Gasteiger partial charge in [-0.05, 0) is 44.1 Å². The van der Waals surface area contributed by atoms with Crippen molar-refractivity contribution in [2.24, 2.45) is 5.92 Å². The Morgan fingerprint density at radius 3 is 2.46 bits per heavy atom. The number of amides is 3. The fourth-order valence-electron chi connectivity index (χ4n) is 4.29. The number of morpholine rings is 1. The van der Waals surface area contributed by atoms with Crippen LogP contribution in [0.2, 0.25) is 5.02 Å². The Labute approximate surface area is 169 Å². The minimum absolute atomic E-state index is 0.00871. The molecule has 3 saturated heterocycles. The van der Waals surface area contributed by atoms with Gasteiger partial charge in [0.05, 0.1) is 31.4 Å². The van der Waals surface area contributed by atoms with Crippen molar-refractivity contribution >= 4 is 35.0 Å². The Morgan fingerprint density at radius 2 is 1.79 bits per heavy atom. The monoisotopic (exact) mass is 405 g/mol. The molecule has 8 heteroatoms. The van der Waals surface area contributed by atoms with E-state index in [-0.39, 0.29) is 30.1 Å². The lowest BCUT2D eigenvalue weighted by atomic mass is 9.94. The zero-order valence-electron chi connectivity index (χ0n) is 15.7. The third kappa shape index (κ3) is 3.79. The highest BCUT2D eigenvalue weighted by Crippen LogP contribution is 2.30. The summed E-state index contributed by atoms with van der Waals surface area (Å²) in [6.07, 6.45) is 1.60. The van der Waals surface area contributed by atoms with Gasteiger partial charge in [0, 0.05) is 24.0 Å². The van der Waals surface area contributed by atoms with Crippen molar-refractivity contribution in [1.29, 1.82) is 0 Å². The molecule has 3 amide bonds. The van der Waals surface area contributed by atoms with Gasteiger partial charge >= 0.3 is 0 Å². The van der Waals surface area contributed by atoms with E-state index in [0.29, 0.717) is 62.9 Å². The van der Waals surface area contributed by atoms with Crippen LogP contribution in [0.5, 0.6) is 0 Å². The molecule has 0 radical (unpaired) electrons. The van der Waals surface area contributed by atoms with Gasteiger partial charge in [-0.25, -0.2) is 4.90 Å². The quantitative estimate of drug-likeness (QED) is 0.713. The van der Waals surface area contributed by atoms with E-state index in [1.165, 1.54) is 4.90 Å². The summed E-state index contributed by atoms with van der Waals surface area (Å²) in [6, 6.07) is 6.34. The number of hydrogen-bond donors (Lipinski definition) is 0. The van der Waals surface area contributed by atoms with Gasteiger partial charge in [0.25, 0.3) is 5.91 Å². The van der Waals surface area contributed by atoms with Crippen molar-refractivity contribution in [1.82, 2.24) is 9.80 Å². The molecule has 1 aromatic carbocycles. The number of imide groups is 1. The summed E-state index contributed by atoms with van der Waals surface area (Å²) in [7, 11) is 0. The Morgan fingerprint density at radius 1 is 1.07 bits per heavy atom. The number of likely N-dealkylation sites (tertiary alicyclic amines) is 1. The molecule has 7 nitrogen and oxygen atoms in total. The Kier molecular flexibility index (Phi) is 5.66. The van der Waals surface area contributed by atoms with Gasteiger partial charge in [0.1, 0.15) is 0 Å². The van der Waals surface area contributed by atoms with Crippen molar-refractivity contribution in [3.8, 4) is 0 Å². The van der Waals surface area contributed by atoms with E-state index in [2.05, 4.69) is 0 Å². The second kappa shape index (κ2) is 8.19. The molecular formula is C20H24ClN3O4. The number of benzene rings is 1. The van der Waals surface area contributed by atoms with Crippen LogP contribution in [0.3, 0.4) is 0 Å². The summed E-state index contributed by atoms with van der Waals surface area (Å²) >= 11 is 6.01. The lowest BCUT2D eigenvalue weighted by molar-refractivity contribution is -0.141. The van der Waals surface area contributed by atoms with Crippen LogP contribution in [0.15, 0.2) is 24.3 Å². The van der Waals surface area contributed by atoms with Gasteiger partial charge in [-0.2, -0.15) is 0 Å². The normalized spacial score (nSPS) is 24.8. The van der Waals surface area contributed by atoms with E-state index in [1.807, 2.05) is 9.80 Å². The number of carbonyl (C=O) groups is 3. The highest BCUT2D eigenvalue weighted by atomic mass is 35.5. The maximum atomic E-state index is 12.9. The molecule has 0 aliphatic carbocycles. The van der Waals surface area contributed by atoms with E-state index in [1.54, 1.807) is 24.3 Å². The summed E-state index contributed by atoms with van der Waals surface area (Å²) in [6.45, 7) is 3.80. The summed E-state index contributed by atoms with van der Waals surface area (Å²) in [5, 5.41) is 0.490. The third-order valence-corrected chi connectivity index (χ3v) is 6.07. The van der Waals surface area contributed by atoms with Gasteiger partial charge in [0.15, 0.2) is 0 Å². The van der Waals surface area contributed by atoms with Crippen LogP contribution in [0.4, 0.5) is 5.69 Å². The van der Waals surface area contributed by atoms with E-state index in [9.17, 15) is 14.4 Å². The summed E-state index contributed by atoms with van der Waals surface area (Å²) in [5.74, 6) is -0.225. The lowest BCUT2D eigenvalue weighted by Gasteiger charge is -2.37. The average Bonchev–Trinajstić information content (AvgIpc) is 3.02. The van der Waals surface area contributed by atoms with E-state index < -0.39 is 6.04 Å². The van der Waals surface area contributed by atoms with Crippen LogP contribution in [0, 0.1) is 5.92 Å². The largest absolute Gasteiger partial charge is 0.378 e. The number of hydrogen-bond acceptors (Lipinski definition) is 5. The molecule has 3 fully saturated rings. The molecule has 3 aliphatic rings. The molecule has 0 saturated carbocycles. The molecule has 4 rings (SSSR count). The Hall–Kier alpha value is -1.96. The standard InChI is InChI=1S/C20H24ClN3O4/c21-15-2-1-3-16(12-15)24-18(25)13-17(20(24)27)22-6-4-14(5-7-22)19(26)23-8-10-28-11-9-23/h1-3,12,14,17H,4-11,13H2/t17-/m1/s1. The van der Waals surface area contributed by atoms with E-state index >= 15 is 0 Å². The number of rotatable bonds is 3. The van der Waals surface area contributed by atoms with Crippen LogP contribution in [-0.4, -0.2) is 73.0 Å². The zero-order valence-corrected chi connectivity index (χ0v) is 16.4. The molecule has 3 heterocycles. The van der Waals surface area contributed by atoms with Crippen LogP contribution >= 0.6 is 11.6 Å². The van der Waals surface area contributed by atoms with Crippen molar-refractivity contribution in [2.45, 2.75) is 25.3 Å². The fraction of sp³-hybridized carbons (Fsp3) is 0.550. The number of carbonyl (C=O) groups excluding carboxylic acids is 3. The predicted octanol–water partition coefficient (Wildman–Crippen LogP) is 1.54. The minimum Gasteiger partial charge on any atom is -0.378 e. The van der Waals surface area contributed by atoms with E-state index in [0.717, 1.165) is 0 Å². The number of nitrogens with zero attached hydrogens (tertiary/aromatic N) is 3. The molecule has 0 aromatic heterocycles. The first kappa shape index (κ1) is 19.4. The molecule has 0 bridgehead atoms. The third-order valence-electron chi connectivity index (χ3n) is 5.83. The molecule has 0 spiro atoms. The maximum Gasteiger partial charge on any atom is 0.251 e. The molecular weight excluding hydrogens is 382 g/mol. The number of ether oxygens (including phenoxy) is 1. The van der Waals surface area contributed by atoms with Gasteiger partial charge in [-0.1, -0.05) is 17.7 Å². The second-order valence-electron chi connectivity index (χ2n) is 7.52. The SMILES string of the molecule is O=C(C1CCN([C@@H]2CC(=O)N(c3cccc(Cl)c3)C2=O)CC1)N1CCOCC1. The number of piperidine rings is 1. The highest BCUT2D eigenvalue weighted by molar-refractivity contribution is 6.31. The highest BCUT2D eigenvalue weighted by Gasteiger charge is 2.44. The molecule has 150 valence electrons. The van der Waals surface area contributed by atoms with Crippen LogP contribution < -0.4 is 4.90 Å². The molecule has 1 aromatic rings. The molecule has 0 N–H and O–H groups in total. The number of anilines is 1. The second-order valence-corrected chi connectivity index (χ2v) is 7.95. The van der Waals surface area contributed by atoms with Crippen molar-refractivity contribution in [3.05, 3.63) is 29.3 Å². The van der Waals surface area contributed by atoms with Gasteiger partial charge in [0.2, 0.25) is 11.8 Å². The fourth-order valence-corrected chi connectivity index (χ4v) is 4.47. The molecule has 3 aliphatic heterocycles. The first-order valence-corrected chi connectivity index (χ1v) is 10.2. The smallest absolute Gasteiger partial charge is 0.251 e. The first-order valence-electron chi connectivity index (χ1n) is 9.77. The Balaban J connectivity index is 1.38. The lowest BCUT2D eigenvalue weighted by Crippen LogP contribution is -2.50. The number of halogens is 1. The average molecular weight is 406 g/mol. The topological polar surface area (TPSA) is 70.2 Å². The van der Waals surface area contributed by atoms with Gasteiger partial charge < -0.3 is 9.64 Å². The van der Waals surface area contributed by atoms with Gasteiger partial charge in [-0.3, -0.25) is 19.3 Å². The predicted molar refractivity (Wildman–Crippen MR) is 104 cm³/mol. The summed E-state index contributed by atoms with van der Waals surface area (Å²) in [5.41, 5.74) is 0.516. The Bertz CT molecular complexity index is 772. The van der Waals surface area contributed by atoms with Crippen LogP contribution in [0.25, 0.3) is 0 Å². The minimum atomic E-state index is -0.453. The summed E-state index contributed by atoms with van der Waals surface area (Å²) in [4.78, 5) is 43.3. The molecule has 28 heavy (non-hydrogen) atoms. The molecule has 0 unspecified atom stereocenters.